The van der Waals surface area contributed by atoms with Crippen LogP contribution in [-0.4, -0.2) is 235 Å². The van der Waals surface area contributed by atoms with E-state index < -0.39 is 215 Å². The zero-order valence-corrected chi connectivity index (χ0v) is 36.8. The number of aliphatic carboxylic acids is 4. The second kappa shape index (κ2) is 31.8. The van der Waals surface area contributed by atoms with E-state index in [1.807, 2.05) is 47.9 Å². The van der Waals surface area contributed by atoms with Crippen LogP contribution in [0.15, 0.2) is 0 Å². The van der Waals surface area contributed by atoms with Gasteiger partial charge in [0.25, 0.3) is 0 Å². The van der Waals surface area contributed by atoms with Gasteiger partial charge in [-0.2, -0.15) is 0 Å². The second-order valence-electron chi connectivity index (χ2n) is 14.4. The highest BCUT2D eigenvalue weighted by molar-refractivity contribution is 6.00. The van der Waals surface area contributed by atoms with E-state index in [-0.39, 0.29) is 0 Å². The summed E-state index contributed by atoms with van der Waals surface area (Å²) in [6, 6.07) is -17.5. The molecule has 0 spiro atoms. The van der Waals surface area contributed by atoms with Crippen molar-refractivity contribution < 1.29 is 118 Å². The van der Waals surface area contributed by atoms with Crippen molar-refractivity contribution >= 4 is 88.9 Å². The van der Waals surface area contributed by atoms with E-state index in [0.29, 0.717) is 0 Å². The quantitative estimate of drug-likeness (QED) is 0.0285. The SMILES string of the molecule is NC(=O)C[C@H](NC(=O)[C@H](CO)NC(=O)[C@H](CC(=O)O)NC(=O)[C@@H](N)CO)C(=O)N[C@@H](CC(=O)O)C(=O)NCC(=O)N[C@@H](CO)C(=O)NCC(=O)N[C@@H](CO)C(=O)N[C@@H](CC(=O)O)C(=O)N[C@@H](CO)C(=O)O. The summed E-state index contributed by atoms with van der Waals surface area (Å²) in [5, 5.41) is 103. The molecule has 0 radical (unpaired) electrons. The summed E-state index contributed by atoms with van der Waals surface area (Å²) >= 11 is 0. The zero-order chi connectivity index (χ0) is 54.7. The van der Waals surface area contributed by atoms with Crippen molar-refractivity contribution in [2.75, 3.05) is 46.1 Å². The molecule has 36 heteroatoms. The van der Waals surface area contributed by atoms with E-state index in [2.05, 4.69) is 0 Å². The lowest BCUT2D eigenvalue weighted by molar-refractivity contribution is -0.144. The average Bonchev–Trinajstić information content (AvgIpc) is 3.29. The number of carbonyl (C=O) groups is 15. The fourth-order valence-corrected chi connectivity index (χ4v) is 5.13. The van der Waals surface area contributed by atoms with Crippen LogP contribution < -0.4 is 64.6 Å². The van der Waals surface area contributed by atoms with E-state index in [1.165, 1.54) is 0 Å². The Kier molecular flexibility index (Phi) is 28.1. The molecule has 11 amide bonds. The third-order valence-corrected chi connectivity index (χ3v) is 8.73. The van der Waals surface area contributed by atoms with Crippen molar-refractivity contribution in [3.8, 4) is 0 Å². The molecule has 0 saturated heterocycles. The zero-order valence-electron chi connectivity index (χ0n) is 36.8. The van der Waals surface area contributed by atoms with Crippen LogP contribution in [0.3, 0.4) is 0 Å². The summed E-state index contributed by atoms with van der Waals surface area (Å²) in [5.41, 5.74) is 10.5. The molecule has 0 aromatic carbocycles. The Morgan fingerprint density at radius 3 is 0.930 bits per heavy atom. The molecule has 36 nitrogen and oxygen atoms in total. The Balaban J connectivity index is 5.71. The van der Waals surface area contributed by atoms with Crippen LogP contribution in [0.4, 0.5) is 0 Å². The summed E-state index contributed by atoms with van der Waals surface area (Å²) < 4.78 is 0. The van der Waals surface area contributed by atoms with Crippen LogP contribution in [-0.2, 0) is 71.9 Å². The summed E-state index contributed by atoms with van der Waals surface area (Å²) in [5.74, 6) is -21.6. The summed E-state index contributed by atoms with van der Waals surface area (Å²) in [4.78, 5) is 184. The largest absolute Gasteiger partial charge is 0.481 e. The number of carbonyl (C=O) groups excluding carboxylic acids is 11. The molecule has 0 saturated carbocycles. The van der Waals surface area contributed by atoms with Gasteiger partial charge in [-0.1, -0.05) is 0 Å². The fourth-order valence-electron chi connectivity index (χ4n) is 5.13. The Bertz CT molecular complexity index is 2010. The normalized spacial score (nSPS) is 14.5. The van der Waals surface area contributed by atoms with Gasteiger partial charge in [0.15, 0.2) is 0 Å². The minimum absolute atomic E-state index is 0.921. The van der Waals surface area contributed by atoms with Gasteiger partial charge in [0, 0.05) is 0 Å². The number of amides is 11. The number of hydrogen-bond donors (Lipinski definition) is 21. The second-order valence-corrected chi connectivity index (χ2v) is 14.4. The lowest BCUT2D eigenvalue weighted by Gasteiger charge is -2.25. The molecule has 0 fully saturated rings. The summed E-state index contributed by atoms with van der Waals surface area (Å²) in [6.07, 6.45) is -4.54. The monoisotopic (exact) mass is 1030 g/mol. The standard InChI is InChI=1S/C35H54N12O24/c36-12(7-48)27(62)42-15(3-25(58)59)31(66)46-19(10-51)34(69)43-13(1-21(37)53)30(65)44-14(2-24(56)57)28(63)38-5-22(54)40-17(8-49)29(64)39-6-23(55)41-18(9-50)33(68)45-16(4-26(60)61)32(67)47-20(11-52)35(70)71/h12-20,48-52H,1-11,36H2,(H2,37,53)(H,38,63)(H,39,64)(H,40,54)(H,41,55)(H,42,62)(H,43,69)(H,44,65)(H,45,68)(H,46,66)(H,47,67)(H,56,57)(H,58,59)(H,60,61)(H,70,71)/t12-,13-,14-,15-,16-,17-,18-,19-,20-/m0/s1. The molecule has 0 rings (SSSR count). The number of primary amides is 1. The first-order valence-electron chi connectivity index (χ1n) is 20.1. The van der Waals surface area contributed by atoms with Gasteiger partial charge in [-0.25, -0.2) is 4.79 Å². The number of aliphatic hydroxyl groups is 5. The van der Waals surface area contributed by atoms with Crippen LogP contribution in [0.25, 0.3) is 0 Å². The summed E-state index contributed by atoms with van der Waals surface area (Å²) in [6.45, 7) is -7.84. The molecule has 0 unspecified atom stereocenters. The first-order valence-corrected chi connectivity index (χ1v) is 20.1. The highest BCUT2D eigenvalue weighted by Gasteiger charge is 2.35. The van der Waals surface area contributed by atoms with Gasteiger partial charge in [-0.15, -0.1) is 0 Å². The minimum atomic E-state index is -2.12. The Morgan fingerprint density at radius 2 is 0.606 bits per heavy atom. The van der Waals surface area contributed by atoms with Gasteiger partial charge in [-0.3, -0.25) is 67.1 Å². The van der Waals surface area contributed by atoms with Crippen LogP contribution in [0.2, 0.25) is 0 Å². The van der Waals surface area contributed by atoms with Crippen LogP contribution in [0, 0.1) is 0 Å². The lowest BCUT2D eigenvalue weighted by Crippen LogP contribution is -2.60. The molecule has 23 N–H and O–H groups in total. The van der Waals surface area contributed by atoms with Crippen molar-refractivity contribution in [2.24, 2.45) is 11.5 Å². The molecule has 398 valence electrons. The summed E-state index contributed by atoms with van der Waals surface area (Å²) in [7, 11) is 0. The van der Waals surface area contributed by atoms with Crippen molar-refractivity contribution in [3.63, 3.8) is 0 Å². The molecule has 0 aromatic rings. The number of carboxylic acid groups (broad SMARTS) is 4. The maximum atomic E-state index is 13.2. The van der Waals surface area contributed by atoms with Gasteiger partial charge < -0.3 is 111 Å². The van der Waals surface area contributed by atoms with Crippen molar-refractivity contribution in [3.05, 3.63) is 0 Å². The van der Waals surface area contributed by atoms with Crippen LogP contribution in [0.5, 0.6) is 0 Å². The molecule has 71 heavy (non-hydrogen) atoms. The van der Waals surface area contributed by atoms with E-state index in [1.54, 1.807) is 5.32 Å². The first kappa shape index (κ1) is 62.8. The lowest BCUT2D eigenvalue weighted by atomic mass is 10.1. The topological polar surface area (TPSA) is 610 Å². The number of aliphatic hydroxyl groups excluding tert-OH is 5. The Hall–Kier alpha value is -8.19. The van der Waals surface area contributed by atoms with Crippen molar-refractivity contribution in [1.29, 1.82) is 0 Å². The number of nitrogens with one attached hydrogen (secondary N) is 10. The molecule has 0 bridgehead atoms. The molecule has 9 atom stereocenters. The fraction of sp³-hybridized carbons (Fsp3) is 0.571. The minimum Gasteiger partial charge on any atom is -0.481 e. The van der Waals surface area contributed by atoms with Gasteiger partial charge in [0.1, 0.15) is 54.4 Å². The molecule has 0 aromatic heterocycles. The first-order chi connectivity index (χ1) is 33.1. The van der Waals surface area contributed by atoms with E-state index in [9.17, 15) is 92.3 Å². The molecule has 0 aliphatic heterocycles. The van der Waals surface area contributed by atoms with Gasteiger partial charge in [0.05, 0.1) is 71.8 Å². The highest BCUT2D eigenvalue weighted by atomic mass is 16.4. The molecular weight excluding hydrogens is 972 g/mol. The smallest absolute Gasteiger partial charge is 0.328 e. The predicted octanol–water partition coefficient (Wildman–Crippen LogP) is -14.2. The molecule has 0 aliphatic carbocycles. The number of carboxylic acids is 4. The maximum absolute atomic E-state index is 13.2. The third kappa shape index (κ3) is 24.1. The molecule has 0 heterocycles. The molecule has 0 aliphatic rings. The Labute approximate surface area is 397 Å². The average molecular weight is 1030 g/mol. The van der Waals surface area contributed by atoms with Crippen LogP contribution >= 0.6 is 0 Å². The number of nitrogens with two attached hydrogens (primary N) is 2. The van der Waals surface area contributed by atoms with E-state index in [4.69, 9.17) is 37.0 Å². The Morgan fingerprint density at radius 1 is 0.338 bits per heavy atom. The molecular formula is C35H54N12O24. The van der Waals surface area contributed by atoms with Crippen LogP contribution in [0.1, 0.15) is 25.7 Å². The van der Waals surface area contributed by atoms with Crippen molar-refractivity contribution in [1.82, 2.24) is 53.2 Å². The number of rotatable bonds is 34. The number of hydrogen-bond acceptors (Lipinski definition) is 21. The van der Waals surface area contributed by atoms with Gasteiger partial charge >= 0.3 is 23.9 Å². The van der Waals surface area contributed by atoms with Gasteiger partial charge in [0.2, 0.25) is 65.0 Å². The maximum Gasteiger partial charge on any atom is 0.328 e. The third-order valence-electron chi connectivity index (χ3n) is 8.73. The van der Waals surface area contributed by atoms with E-state index in [0.717, 1.165) is 0 Å². The van der Waals surface area contributed by atoms with Crippen molar-refractivity contribution in [2.45, 2.75) is 80.1 Å². The predicted molar refractivity (Wildman–Crippen MR) is 223 cm³/mol. The highest BCUT2D eigenvalue weighted by Crippen LogP contribution is 2.02. The van der Waals surface area contributed by atoms with Gasteiger partial charge in [-0.05, 0) is 0 Å². The van der Waals surface area contributed by atoms with E-state index >= 15 is 0 Å².